The molecule has 3 rings (SSSR count). The molecule has 0 aliphatic rings. The van der Waals surface area contributed by atoms with Gasteiger partial charge in [-0.1, -0.05) is 91.0 Å². The first-order valence-electron chi connectivity index (χ1n) is 8.43. The van der Waals surface area contributed by atoms with E-state index in [1.165, 1.54) is 0 Å². The molecule has 0 bridgehead atoms. The lowest BCUT2D eigenvalue weighted by molar-refractivity contribution is -0.141. The van der Waals surface area contributed by atoms with Crippen LogP contribution in [0, 0.1) is 0 Å². The van der Waals surface area contributed by atoms with Crippen molar-refractivity contribution in [1.29, 1.82) is 0 Å². The van der Waals surface area contributed by atoms with E-state index in [-0.39, 0.29) is 6.61 Å². The standard InChI is InChI=1S/C22H21NO3/c23-20(21(24)25)16-26-22(17-10-4-1-5-11-17,18-12-6-2-7-13-18)19-14-8-3-9-15-19/h1-15,20H,16,23H2,(H,24,25)/t20-/m1/s1. The number of carboxylic acid groups (broad SMARTS) is 1. The molecule has 0 radical (unpaired) electrons. The largest absolute Gasteiger partial charge is 0.480 e. The van der Waals surface area contributed by atoms with E-state index in [0.717, 1.165) is 16.7 Å². The fourth-order valence-corrected chi connectivity index (χ4v) is 3.05. The van der Waals surface area contributed by atoms with Crippen LogP contribution in [0.3, 0.4) is 0 Å². The van der Waals surface area contributed by atoms with Gasteiger partial charge in [-0.2, -0.15) is 0 Å². The minimum Gasteiger partial charge on any atom is -0.480 e. The molecular weight excluding hydrogens is 326 g/mol. The Morgan fingerprint density at radius 1 is 0.808 bits per heavy atom. The quantitative estimate of drug-likeness (QED) is 0.643. The summed E-state index contributed by atoms with van der Waals surface area (Å²) in [6.07, 6.45) is 0. The summed E-state index contributed by atoms with van der Waals surface area (Å²) in [5, 5.41) is 9.19. The first kappa shape index (κ1) is 17.9. The van der Waals surface area contributed by atoms with Gasteiger partial charge < -0.3 is 15.6 Å². The molecule has 1 atom stereocenters. The average molecular weight is 347 g/mol. The van der Waals surface area contributed by atoms with Gasteiger partial charge in [-0.15, -0.1) is 0 Å². The van der Waals surface area contributed by atoms with Gasteiger partial charge in [0, 0.05) is 0 Å². The van der Waals surface area contributed by atoms with E-state index in [2.05, 4.69) is 0 Å². The second-order valence-electron chi connectivity index (χ2n) is 6.03. The number of benzene rings is 3. The maximum absolute atomic E-state index is 11.2. The van der Waals surface area contributed by atoms with Crippen LogP contribution < -0.4 is 5.73 Å². The number of aliphatic carboxylic acids is 1. The van der Waals surface area contributed by atoms with Crippen LogP contribution in [-0.4, -0.2) is 23.7 Å². The summed E-state index contributed by atoms with van der Waals surface area (Å²) in [5.74, 6) is -1.09. The molecule has 0 saturated carbocycles. The van der Waals surface area contributed by atoms with Crippen molar-refractivity contribution in [3.05, 3.63) is 108 Å². The fourth-order valence-electron chi connectivity index (χ4n) is 3.05. The highest BCUT2D eigenvalue weighted by molar-refractivity contribution is 5.73. The van der Waals surface area contributed by atoms with Gasteiger partial charge >= 0.3 is 5.97 Å². The molecule has 0 fully saturated rings. The van der Waals surface area contributed by atoms with E-state index in [1.54, 1.807) is 0 Å². The predicted molar refractivity (Wildman–Crippen MR) is 101 cm³/mol. The van der Waals surface area contributed by atoms with Crippen LogP contribution in [0.5, 0.6) is 0 Å². The summed E-state index contributed by atoms with van der Waals surface area (Å²) in [7, 11) is 0. The molecule has 3 N–H and O–H groups in total. The highest BCUT2D eigenvalue weighted by atomic mass is 16.5. The third-order valence-electron chi connectivity index (χ3n) is 4.34. The first-order chi connectivity index (χ1) is 12.6. The van der Waals surface area contributed by atoms with Gasteiger partial charge in [-0.3, -0.25) is 4.79 Å². The smallest absolute Gasteiger partial charge is 0.322 e. The molecule has 3 aromatic rings. The van der Waals surface area contributed by atoms with Crippen LogP contribution in [0.1, 0.15) is 16.7 Å². The van der Waals surface area contributed by atoms with Gasteiger partial charge in [0.25, 0.3) is 0 Å². The zero-order chi connectivity index (χ0) is 18.4. The Hall–Kier alpha value is -2.95. The van der Waals surface area contributed by atoms with Crippen molar-refractivity contribution >= 4 is 5.97 Å². The zero-order valence-corrected chi connectivity index (χ0v) is 14.3. The third-order valence-corrected chi connectivity index (χ3v) is 4.34. The number of hydrogen-bond acceptors (Lipinski definition) is 3. The lowest BCUT2D eigenvalue weighted by Crippen LogP contribution is -2.41. The zero-order valence-electron chi connectivity index (χ0n) is 14.3. The van der Waals surface area contributed by atoms with Gasteiger partial charge in [-0.25, -0.2) is 0 Å². The average Bonchev–Trinajstić information content (AvgIpc) is 2.70. The molecule has 4 nitrogen and oxygen atoms in total. The summed E-state index contributed by atoms with van der Waals surface area (Å²) in [6.45, 7) is -0.117. The second kappa shape index (κ2) is 7.95. The first-order valence-corrected chi connectivity index (χ1v) is 8.43. The Morgan fingerprint density at radius 3 is 1.46 bits per heavy atom. The number of nitrogens with two attached hydrogens (primary N) is 1. The molecule has 0 heterocycles. The summed E-state index contributed by atoms with van der Waals surface area (Å²) in [4.78, 5) is 11.2. The van der Waals surface area contributed by atoms with Gasteiger partial charge in [0.05, 0.1) is 6.61 Å². The summed E-state index contributed by atoms with van der Waals surface area (Å²) in [5.41, 5.74) is 7.52. The fraction of sp³-hybridized carbons (Fsp3) is 0.136. The van der Waals surface area contributed by atoms with Crippen molar-refractivity contribution in [1.82, 2.24) is 0 Å². The molecule has 4 heteroatoms. The van der Waals surface area contributed by atoms with E-state index in [0.29, 0.717) is 0 Å². The van der Waals surface area contributed by atoms with Crippen molar-refractivity contribution in [2.24, 2.45) is 5.73 Å². The predicted octanol–water partition coefficient (Wildman–Crippen LogP) is 3.41. The molecule has 0 aromatic heterocycles. The Labute approximate surface area is 152 Å². The van der Waals surface area contributed by atoms with E-state index >= 15 is 0 Å². The van der Waals surface area contributed by atoms with E-state index in [4.69, 9.17) is 10.5 Å². The van der Waals surface area contributed by atoms with Crippen LogP contribution in [0.2, 0.25) is 0 Å². The molecule has 132 valence electrons. The third kappa shape index (κ3) is 3.52. The summed E-state index contributed by atoms with van der Waals surface area (Å²) >= 11 is 0. The maximum atomic E-state index is 11.2. The molecule has 0 unspecified atom stereocenters. The van der Waals surface area contributed by atoms with Crippen molar-refractivity contribution in [3.8, 4) is 0 Å². The van der Waals surface area contributed by atoms with Crippen LogP contribution in [0.25, 0.3) is 0 Å². The lowest BCUT2D eigenvalue weighted by Gasteiger charge is -2.36. The van der Waals surface area contributed by atoms with Crippen LogP contribution in [0.15, 0.2) is 91.0 Å². The molecule has 0 spiro atoms. The highest BCUT2D eigenvalue weighted by Gasteiger charge is 2.38. The van der Waals surface area contributed by atoms with Crippen molar-refractivity contribution in [2.75, 3.05) is 6.61 Å². The van der Waals surface area contributed by atoms with E-state index in [1.807, 2.05) is 91.0 Å². The Kier molecular flexibility index (Phi) is 5.46. The number of rotatable bonds is 7. The molecule has 0 aliphatic carbocycles. The number of ether oxygens (including phenoxy) is 1. The molecule has 26 heavy (non-hydrogen) atoms. The van der Waals surface area contributed by atoms with E-state index < -0.39 is 17.6 Å². The Bertz CT molecular complexity index is 738. The van der Waals surface area contributed by atoms with Gasteiger partial charge in [-0.05, 0) is 16.7 Å². The second-order valence-corrected chi connectivity index (χ2v) is 6.03. The van der Waals surface area contributed by atoms with Crippen molar-refractivity contribution in [2.45, 2.75) is 11.6 Å². The maximum Gasteiger partial charge on any atom is 0.322 e. The van der Waals surface area contributed by atoms with Crippen molar-refractivity contribution in [3.63, 3.8) is 0 Å². The topological polar surface area (TPSA) is 72.5 Å². The monoisotopic (exact) mass is 347 g/mol. The molecule has 0 aliphatic heterocycles. The van der Waals surface area contributed by atoms with Crippen molar-refractivity contribution < 1.29 is 14.6 Å². The summed E-state index contributed by atoms with van der Waals surface area (Å²) < 4.78 is 6.31. The number of carbonyl (C=O) groups is 1. The molecule has 3 aromatic carbocycles. The van der Waals surface area contributed by atoms with Gasteiger partial charge in [0.1, 0.15) is 11.6 Å². The minimum atomic E-state index is -1.11. The number of hydrogen-bond donors (Lipinski definition) is 2. The molecule has 0 saturated heterocycles. The van der Waals surface area contributed by atoms with Gasteiger partial charge in [0.15, 0.2) is 0 Å². The number of carboxylic acids is 1. The Morgan fingerprint density at radius 2 is 1.15 bits per heavy atom. The highest BCUT2D eigenvalue weighted by Crippen LogP contribution is 2.40. The normalized spacial score (nSPS) is 12.5. The minimum absolute atomic E-state index is 0.117. The van der Waals surface area contributed by atoms with Crippen LogP contribution in [0.4, 0.5) is 0 Å². The summed E-state index contributed by atoms with van der Waals surface area (Å²) in [6, 6.07) is 28.2. The Balaban J connectivity index is 2.19. The van der Waals surface area contributed by atoms with Gasteiger partial charge in [0.2, 0.25) is 0 Å². The van der Waals surface area contributed by atoms with E-state index in [9.17, 15) is 9.90 Å². The lowest BCUT2D eigenvalue weighted by atomic mass is 9.80. The van der Waals surface area contributed by atoms with Crippen LogP contribution in [-0.2, 0) is 15.1 Å². The molecule has 0 amide bonds. The van der Waals surface area contributed by atoms with Crippen LogP contribution >= 0.6 is 0 Å². The molecular formula is C22H21NO3. The SMILES string of the molecule is N[C@H](COC(c1ccccc1)(c1ccccc1)c1ccccc1)C(=O)O.